The van der Waals surface area contributed by atoms with Crippen LogP contribution >= 0.6 is 0 Å². The Morgan fingerprint density at radius 1 is 1.12 bits per heavy atom. The second kappa shape index (κ2) is 9.00. The Labute approximate surface area is 142 Å². The van der Waals surface area contributed by atoms with Crippen LogP contribution in [0.1, 0.15) is 12.0 Å². The van der Waals surface area contributed by atoms with Gasteiger partial charge in [-0.3, -0.25) is 0 Å². The molecule has 0 bridgehead atoms. The van der Waals surface area contributed by atoms with Crippen LogP contribution in [-0.2, 0) is 16.1 Å². The van der Waals surface area contributed by atoms with Gasteiger partial charge in [-0.25, -0.2) is 0 Å². The number of hydrogen-bond donors (Lipinski definition) is 3. The van der Waals surface area contributed by atoms with E-state index >= 15 is 0 Å². The number of phenolic OH excluding ortho intramolecular Hbond substituents is 1. The fourth-order valence-corrected chi connectivity index (χ4v) is 2.24. The number of aromatic hydroxyl groups is 1. The van der Waals surface area contributed by atoms with Crippen LogP contribution in [0.5, 0.6) is 11.5 Å². The molecule has 24 heavy (non-hydrogen) atoms. The summed E-state index contributed by atoms with van der Waals surface area (Å²) in [7, 11) is 3.18. The zero-order chi connectivity index (χ0) is 17.4. The molecule has 0 aliphatic rings. The van der Waals surface area contributed by atoms with E-state index in [1.165, 1.54) is 6.07 Å². The lowest BCUT2D eigenvalue weighted by atomic mass is 10.2. The maximum atomic E-state index is 9.98. The molecule has 2 aromatic carbocycles. The maximum absolute atomic E-state index is 9.98. The molecule has 0 unspecified atom stereocenters. The van der Waals surface area contributed by atoms with Gasteiger partial charge in [0.15, 0.2) is 6.29 Å². The molecule has 6 nitrogen and oxygen atoms in total. The molecule has 0 fully saturated rings. The normalized spacial score (nSPS) is 10.8. The average molecular weight is 332 g/mol. The smallest absolute Gasteiger partial charge is 0.158 e. The Balaban J connectivity index is 1.99. The minimum atomic E-state index is -0.287. The lowest BCUT2D eigenvalue weighted by Crippen LogP contribution is -2.18. The first-order valence-corrected chi connectivity index (χ1v) is 7.72. The number of benzene rings is 2. The fourth-order valence-electron chi connectivity index (χ4n) is 2.24. The number of nitrogen functional groups attached to an aromatic ring is 1. The number of rotatable bonds is 9. The van der Waals surface area contributed by atoms with Gasteiger partial charge in [-0.1, -0.05) is 30.3 Å². The monoisotopic (exact) mass is 332 g/mol. The summed E-state index contributed by atoms with van der Waals surface area (Å²) in [6.45, 7) is 0.997. The van der Waals surface area contributed by atoms with Crippen molar-refractivity contribution in [2.24, 2.45) is 0 Å². The first-order valence-electron chi connectivity index (χ1n) is 7.72. The molecule has 0 heterocycles. The third-order valence-corrected chi connectivity index (χ3v) is 3.60. The second-order valence-corrected chi connectivity index (χ2v) is 5.29. The van der Waals surface area contributed by atoms with Gasteiger partial charge < -0.3 is 30.4 Å². The van der Waals surface area contributed by atoms with Crippen LogP contribution in [0.3, 0.4) is 0 Å². The number of nitrogens with two attached hydrogens (primary N) is 1. The molecule has 130 valence electrons. The van der Waals surface area contributed by atoms with Crippen LogP contribution < -0.4 is 15.8 Å². The van der Waals surface area contributed by atoms with E-state index in [4.69, 9.17) is 19.9 Å². The quantitative estimate of drug-likeness (QED) is 0.372. The largest absolute Gasteiger partial charge is 0.506 e. The highest BCUT2D eigenvalue weighted by atomic mass is 16.7. The van der Waals surface area contributed by atoms with E-state index in [2.05, 4.69) is 5.32 Å². The van der Waals surface area contributed by atoms with E-state index in [0.717, 1.165) is 5.56 Å². The molecule has 0 saturated carbocycles. The zero-order valence-electron chi connectivity index (χ0n) is 14.0. The summed E-state index contributed by atoms with van der Waals surface area (Å²) in [6.07, 6.45) is 0.354. The van der Waals surface area contributed by atoms with Gasteiger partial charge in [0, 0.05) is 39.3 Å². The van der Waals surface area contributed by atoms with Gasteiger partial charge in [-0.15, -0.1) is 0 Å². The lowest BCUT2D eigenvalue weighted by molar-refractivity contribution is -0.103. The van der Waals surface area contributed by atoms with E-state index in [1.54, 1.807) is 20.3 Å². The molecule has 4 N–H and O–H groups in total. The third kappa shape index (κ3) is 5.04. The van der Waals surface area contributed by atoms with Crippen molar-refractivity contribution in [3.63, 3.8) is 0 Å². The average Bonchev–Trinajstić information content (AvgIpc) is 2.61. The van der Waals surface area contributed by atoms with E-state index in [-0.39, 0.29) is 17.7 Å². The number of ether oxygens (including phenoxy) is 3. The van der Waals surface area contributed by atoms with Crippen molar-refractivity contribution in [3.8, 4) is 11.5 Å². The van der Waals surface area contributed by atoms with Gasteiger partial charge in [0.2, 0.25) is 0 Å². The molecule has 0 saturated heterocycles. The van der Waals surface area contributed by atoms with Crippen LogP contribution in [0.4, 0.5) is 11.4 Å². The molecule has 2 rings (SSSR count). The van der Waals surface area contributed by atoms with Crippen molar-refractivity contribution in [3.05, 3.63) is 48.0 Å². The van der Waals surface area contributed by atoms with Gasteiger partial charge in [-0.2, -0.15) is 0 Å². The zero-order valence-corrected chi connectivity index (χ0v) is 14.0. The molecular weight excluding hydrogens is 308 g/mol. The Kier molecular flexibility index (Phi) is 6.72. The molecule has 0 atom stereocenters. The number of phenols is 1. The Morgan fingerprint density at radius 3 is 2.50 bits per heavy atom. The molecule has 2 aromatic rings. The maximum Gasteiger partial charge on any atom is 0.158 e. The topological polar surface area (TPSA) is 86.0 Å². The Morgan fingerprint density at radius 2 is 1.83 bits per heavy atom. The third-order valence-electron chi connectivity index (χ3n) is 3.60. The summed E-state index contributed by atoms with van der Waals surface area (Å²) in [5.41, 5.74) is 7.86. The van der Waals surface area contributed by atoms with Gasteiger partial charge in [0.05, 0.1) is 11.4 Å². The highest BCUT2D eigenvalue weighted by molar-refractivity contribution is 5.74. The fraction of sp³-hybridized carbons (Fsp3) is 0.333. The molecule has 0 amide bonds. The van der Waals surface area contributed by atoms with Gasteiger partial charge in [-0.05, 0) is 5.56 Å². The van der Waals surface area contributed by atoms with Gasteiger partial charge >= 0.3 is 0 Å². The minimum Gasteiger partial charge on any atom is -0.506 e. The molecule has 0 spiro atoms. The number of methoxy groups -OCH3 is 2. The molecular formula is C18H24N2O4. The van der Waals surface area contributed by atoms with Crippen LogP contribution in [0.25, 0.3) is 0 Å². The molecule has 0 aliphatic carbocycles. The predicted molar refractivity (Wildman–Crippen MR) is 94.2 cm³/mol. The van der Waals surface area contributed by atoms with E-state index in [0.29, 0.717) is 31.0 Å². The summed E-state index contributed by atoms with van der Waals surface area (Å²) >= 11 is 0. The van der Waals surface area contributed by atoms with Crippen LogP contribution in [0.15, 0.2) is 42.5 Å². The summed E-state index contributed by atoms with van der Waals surface area (Å²) in [6, 6.07) is 13.1. The number of nitrogens with one attached hydrogen (secondary N) is 1. The van der Waals surface area contributed by atoms with Gasteiger partial charge in [0.1, 0.15) is 18.1 Å². The molecule has 0 radical (unpaired) electrons. The summed E-state index contributed by atoms with van der Waals surface area (Å²) < 4.78 is 16.0. The van der Waals surface area contributed by atoms with E-state index in [9.17, 15) is 5.11 Å². The highest BCUT2D eigenvalue weighted by Crippen LogP contribution is 2.34. The standard InChI is InChI=1S/C18H24N2O4/c1-22-17(23-2)8-9-20-15-10-14(11-16(21)18(15)19)24-12-13-6-4-3-5-7-13/h3-7,10-11,17,20-21H,8-9,12,19H2,1-2H3. The van der Waals surface area contributed by atoms with Crippen molar-refractivity contribution in [1.82, 2.24) is 0 Å². The molecule has 0 aromatic heterocycles. The van der Waals surface area contributed by atoms with E-state index < -0.39 is 0 Å². The predicted octanol–water partition coefficient (Wildman–Crippen LogP) is 2.97. The van der Waals surface area contributed by atoms with Crippen molar-refractivity contribution in [2.75, 3.05) is 31.8 Å². The first-order chi connectivity index (χ1) is 11.6. The van der Waals surface area contributed by atoms with Crippen molar-refractivity contribution < 1.29 is 19.3 Å². The van der Waals surface area contributed by atoms with Crippen LogP contribution in [0, 0.1) is 0 Å². The van der Waals surface area contributed by atoms with Crippen LogP contribution in [0.2, 0.25) is 0 Å². The van der Waals surface area contributed by atoms with E-state index in [1.807, 2.05) is 30.3 Å². The molecule has 0 aliphatic heterocycles. The summed E-state index contributed by atoms with van der Waals surface area (Å²) in [4.78, 5) is 0. The van der Waals surface area contributed by atoms with Crippen LogP contribution in [-0.4, -0.2) is 32.2 Å². The molecule has 6 heteroatoms. The van der Waals surface area contributed by atoms with Crippen molar-refractivity contribution >= 4 is 11.4 Å². The number of anilines is 2. The minimum absolute atomic E-state index is 0.0157. The first kappa shape index (κ1) is 17.9. The second-order valence-electron chi connectivity index (χ2n) is 5.29. The number of hydrogen-bond acceptors (Lipinski definition) is 6. The summed E-state index contributed by atoms with van der Waals surface area (Å²) in [5.74, 6) is 0.529. The van der Waals surface area contributed by atoms with Gasteiger partial charge in [0.25, 0.3) is 0 Å². The summed E-state index contributed by atoms with van der Waals surface area (Å²) in [5, 5.41) is 13.2. The lowest BCUT2D eigenvalue weighted by Gasteiger charge is -2.16. The van der Waals surface area contributed by atoms with Crippen molar-refractivity contribution in [1.29, 1.82) is 0 Å². The Hall–Kier alpha value is -2.44. The SMILES string of the molecule is COC(CCNc1cc(OCc2ccccc2)cc(O)c1N)OC. The highest BCUT2D eigenvalue weighted by Gasteiger charge is 2.10. The Bertz CT molecular complexity index is 630. The van der Waals surface area contributed by atoms with Crippen molar-refractivity contribution in [2.45, 2.75) is 19.3 Å².